The monoisotopic (exact) mass is 346 g/mol. The number of benzene rings is 1. The molecule has 3 heterocycles. The molecular weight excluding hydrogens is 328 g/mol. The van der Waals surface area contributed by atoms with Crippen LogP contribution in [0.25, 0.3) is 22.3 Å². The molecule has 5 nitrogen and oxygen atoms in total. The van der Waals surface area contributed by atoms with Gasteiger partial charge in [-0.3, -0.25) is 9.59 Å². The van der Waals surface area contributed by atoms with Crippen molar-refractivity contribution < 1.29 is 9.90 Å². The molecule has 1 N–H and O–H groups in total. The Balaban J connectivity index is 1.81. The zero-order valence-electron chi connectivity index (χ0n) is 14.5. The smallest absolute Gasteiger partial charge is 0.255 e. The molecule has 0 radical (unpaired) electrons. The number of pyridine rings is 2. The van der Waals surface area contributed by atoms with E-state index in [0.717, 1.165) is 27.9 Å². The van der Waals surface area contributed by atoms with Crippen molar-refractivity contribution in [2.24, 2.45) is 0 Å². The first-order chi connectivity index (χ1) is 12.5. The molecule has 0 saturated carbocycles. The molecule has 2 aliphatic rings. The quantitative estimate of drug-likeness (QED) is 0.575. The van der Waals surface area contributed by atoms with Gasteiger partial charge < -0.3 is 9.67 Å². The van der Waals surface area contributed by atoms with Crippen LogP contribution in [0.5, 0.6) is 0 Å². The lowest BCUT2D eigenvalue weighted by Crippen LogP contribution is -2.40. The highest BCUT2D eigenvalue weighted by molar-refractivity contribution is 5.86. The van der Waals surface area contributed by atoms with Crippen LogP contribution < -0.4 is 5.56 Å². The minimum atomic E-state index is -1.26. The number of hydrogen-bond acceptors (Lipinski definition) is 4. The zero-order valence-corrected chi connectivity index (χ0v) is 14.5. The molecule has 5 heteroatoms. The first kappa shape index (κ1) is 15.5. The molecule has 5 rings (SSSR count). The van der Waals surface area contributed by atoms with Crippen molar-refractivity contribution in [3.63, 3.8) is 0 Å². The number of carbonyl (C=O) groups is 1. The van der Waals surface area contributed by atoms with Crippen molar-refractivity contribution in [1.82, 2.24) is 9.55 Å². The van der Waals surface area contributed by atoms with Crippen LogP contribution in [0.15, 0.2) is 41.2 Å². The van der Waals surface area contributed by atoms with Gasteiger partial charge in [0.2, 0.25) is 0 Å². The maximum Gasteiger partial charge on any atom is 0.255 e. The molecule has 0 bridgehead atoms. The number of hydrogen-bond donors (Lipinski definition) is 1. The predicted molar refractivity (Wildman–Crippen MR) is 98.1 cm³/mol. The molecule has 1 aromatic carbocycles. The molecule has 0 amide bonds. The normalized spacial score (nSPS) is 20.8. The molecule has 0 fully saturated rings. The van der Waals surface area contributed by atoms with Gasteiger partial charge in [-0.2, -0.15) is 0 Å². The predicted octanol–water partition coefficient (Wildman–Crippen LogP) is 2.54. The standard InChI is InChI=1S/C21H18N2O3/c1-2-21(26)10-14(24)8-15-16(21)9-18-19-13(11-23(18)20(15)25)7-12-5-3-4-6-17(12)22-19/h3-7,9,26H,2,8,10-11H2,1H3. The number of fused-ring (bicyclic) bond motifs is 5. The second kappa shape index (κ2) is 5.11. The van der Waals surface area contributed by atoms with E-state index < -0.39 is 5.60 Å². The Morgan fingerprint density at radius 3 is 2.85 bits per heavy atom. The Morgan fingerprint density at radius 2 is 2.04 bits per heavy atom. The van der Waals surface area contributed by atoms with Gasteiger partial charge in [-0.15, -0.1) is 0 Å². The Labute approximate surface area is 149 Å². The molecule has 0 spiro atoms. The van der Waals surface area contributed by atoms with Gasteiger partial charge in [0, 0.05) is 29.4 Å². The molecule has 2 aromatic heterocycles. The number of ketones is 1. The molecule has 1 aliphatic carbocycles. The van der Waals surface area contributed by atoms with E-state index >= 15 is 0 Å². The summed E-state index contributed by atoms with van der Waals surface area (Å²) in [5.41, 5.74) is 2.98. The van der Waals surface area contributed by atoms with Crippen molar-refractivity contribution in [3.05, 3.63) is 63.4 Å². The van der Waals surface area contributed by atoms with Gasteiger partial charge in [-0.1, -0.05) is 25.1 Å². The lowest BCUT2D eigenvalue weighted by atomic mass is 9.77. The van der Waals surface area contributed by atoms with Crippen LogP contribution in [-0.2, 0) is 23.4 Å². The molecule has 0 saturated heterocycles. The number of carbonyl (C=O) groups excluding carboxylic acids is 1. The zero-order chi connectivity index (χ0) is 18.1. The van der Waals surface area contributed by atoms with Crippen molar-refractivity contribution in [3.8, 4) is 11.4 Å². The lowest BCUT2D eigenvalue weighted by molar-refractivity contribution is -0.125. The van der Waals surface area contributed by atoms with Gasteiger partial charge in [0.1, 0.15) is 5.78 Å². The SMILES string of the molecule is CCC1(O)CC(=O)Cc2c1cc1n(c2=O)Cc2cc3ccccc3nc2-1. The highest BCUT2D eigenvalue weighted by Gasteiger charge is 2.40. The Hall–Kier alpha value is -2.79. The molecule has 1 aliphatic heterocycles. The van der Waals surface area contributed by atoms with E-state index in [1.807, 2.05) is 37.3 Å². The second-order valence-electron chi connectivity index (χ2n) is 7.28. The molecule has 26 heavy (non-hydrogen) atoms. The summed E-state index contributed by atoms with van der Waals surface area (Å²) in [4.78, 5) is 30.0. The van der Waals surface area contributed by atoms with E-state index in [0.29, 0.717) is 24.1 Å². The highest BCUT2D eigenvalue weighted by atomic mass is 16.3. The average Bonchev–Trinajstić information content (AvgIpc) is 2.99. The molecule has 3 aromatic rings. The third kappa shape index (κ3) is 1.98. The van der Waals surface area contributed by atoms with Crippen molar-refractivity contribution in [2.75, 3.05) is 0 Å². The number of rotatable bonds is 1. The van der Waals surface area contributed by atoms with Gasteiger partial charge >= 0.3 is 0 Å². The number of para-hydroxylation sites is 1. The minimum Gasteiger partial charge on any atom is -0.385 e. The largest absolute Gasteiger partial charge is 0.385 e. The van der Waals surface area contributed by atoms with Crippen molar-refractivity contribution in [1.29, 1.82) is 0 Å². The Bertz CT molecular complexity index is 1160. The number of Topliss-reactive ketones (excluding diaryl/α,β-unsaturated/α-hetero) is 1. The van der Waals surface area contributed by atoms with E-state index in [2.05, 4.69) is 6.07 Å². The van der Waals surface area contributed by atoms with E-state index in [9.17, 15) is 14.7 Å². The fraction of sp³-hybridized carbons (Fsp3) is 0.286. The fourth-order valence-electron chi connectivity index (χ4n) is 4.30. The molecule has 130 valence electrons. The third-order valence-corrected chi connectivity index (χ3v) is 5.72. The van der Waals surface area contributed by atoms with E-state index in [1.165, 1.54) is 0 Å². The number of aliphatic hydroxyl groups is 1. The van der Waals surface area contributed by atoms with Crippen LogP contribution >= 0.6 is 0 Å². The minimum absolute atomic E-state index is 0.0669. The van der Waals surface area contributed by atoms with Crippen molar-refractivity contribution >= 4 is 16.7 Å². The first-order valence-electron chi connectivity index (χ1n) is 8.90. The van der Waals surface area contributed by atoms with Gasteiger partial charge in [-0.25, -0.2) is 4.98 Å². The van der Waals surface area contributed by atoms with Crippen LogP contribution in [-0.4, -0.2) is 20.4 Å². The summed E-state index contributed by atoms with van der Waals surface area (Å²) in [5, 5.41) is 12.0. The number of nitrogens with zero attached hydrogens (tertiary/aromatic N) is 2. The summed E-state index contributed by atoms with van der Waals surface area (Å²) in [6, 6.07) is 11.8. The van der Waals surface area contributed by atoms with Gasteiger partial charge in [-0.05, 0) is 30.2 Å². The van der Waals surface area contributed by atoms with Crippen LogP contribution in [0, 0.1) is 0 Å². The fourth-order valence-corrected chi connectivity index (χ4v) is 4.30. The molecule has 1 atom stereocenters. The van der Waals surface area contributed by atoms with Gasteiger partial charge in [0.05, 0.1) is 29.1 Å². The second-order valence-corrected chi connectivity index (χ2v) is 7.28. The van der Waals surface area contributed by atoms with Gasteiger partial charge in [0.25, 0.3) is 5.56 Å². The van der Waals surface area contributed by atoms with E-state index in [1.54, 1.807) is 4.57 Å². The molecular formula is C21H18N2O3. The van der Waals surface area contributed by atoms with Crippen LogP contribution in [0.2, 0.25) is 0 Å². The Kier molecular flexibility index (Phi) is 3.04. The van der Waals surface area contributed by atoms with E-state index in [4.69, 9.17) is 4.98 Å². The average molecular weight is 346 g/mol. The van der Waals surface area contributed by atoms with Crippen LogP contribution in [0.3, 0.4) is 0 Å². The molecule has 1 unspecified atom stereocenters. The summed E-state index contributed by atoms with van der Waals surface area (Å²) >= 11 is 0. The third-order valence-electron chi connectivity index (χ3n) is 5.72. The van der Waals surface area contributed by atoms with Crippen LogP contribution in [0.1, 0.15) is 36.5 Å². The van der Waals surface area contributed by atoms with E-state index in [-0.39, 0.29) is 24.2 Å². The number of aromatic nitrogens is 2. The summed E-state index contributed by atoms with van der Waals surface area (Å²) in [6.07, 6.45) is 0.562. The maximum atomic E-state index is 13.1. The van der Waals surface area contributed by atoms with Crippen molar-refractivity contribution in [2.45, 2.75) is 38.3 Å². The highest BCUT2D eigenvalue weighted by Crippen LogP contribution is 2.39. The summed E-state index contributed by atoms with van der Waals surface area (Å²) in [5.74, 6) is -0.0844. The Morgan fingerprint density at radius 1 is 1.23 bits per heavy atom. The van der Waals surface area contributed by atoms with Gasteiger partial charge in [0.15, 0.2) is 0 Å². The summed E-state index contributed by atoms with van der Waals surface area (Å²) in [6.45, 7) is 2.29. The van der Waals surface area contributed by atoms with Crippen LogP contribution in [0.4, 0.5) is 0 Å². The summed E-state index contributed by atoms with van der Waals surface area (Å²) < 4.78 is 1.68. The first-order valence-corrected chi connectivity index (χ1v) is 8.90. The maximum absolute atomic E-state index is 13.1. The lowest BCUT2D eigenvalue weighted by Gasteiger charge is -2.33. The summed E-state index contributed by atoms with van der Waals surface area (Å²) in [7, 11) is 0. The topological polar surface area (TPSA) is 72.2 Å².